The second-order valence-corrected chi connectivity index (χ2v) is 43.0. The summed E-state index contributed by atoms with van der Waals surface area (Å²) in [5, 5.41) is 17.7. The van der Waals surface area contributed by atoms with E-state index in [0.717, 1.165) is 84.2 Å². The quantitative estimate of drug-likeness (QED) is 0.0925. The highest BCUT2D eigenvalue weighted by Crippen LogP contribution is 2.50. The van der Waals surface area contributed by atoms with Crippen LogP contribution in [0.1, 0.15) is 376 Å². The van der Waals surface area contributed by atoms with Crippen LogP contribution in [0.25, 0.3) is 0 Å². The maximum Gasteiger partial charge on any atom is 0.319 e. The number of rotatable bonds is 15. The Morgan fingerprint density at radius 2 is 0.920 bits per heavy atom. The molecule has 23 nitrogen and oxygen atoms in total. The van der Waals surface area contributed by atoms with Gasteiger partial charge in [-0.2, -0.15) is 20.4 Å². The monoisotopic (exact) mass is 1710 g/mol. The fourth-order valence-corrected chi connectivity index (χ4v) is 16.4. The zero-order chi connectivity index (χ0) is 92.1. The van der Waals surface area contributed by atoms with Gasteiger partial charge in [0.1, 0.15) is 61.1 Å². The summed E-state index contributed by atoms with van der Waals surface area (Å²) in [7, 11) is 8.89. The van der Waals surface area contributed by atoms with Crippen LogP contribution in [0.2, 0.25) is 0 Å². The van der Waals surface area contributed by atoms with E-state index in [2.05, 4.69) is 282 Å². The maximum atomic E-state index is 8.77. The molecule has 125 heavy (non-hydrogen) atoms. The van der Waals surface area contributed by atoms with Gasteiger partial charge in [0, 0.05) is 121 Å². The number of ether oxygens (including phenoxy) is 4. The van der Waals surface area contributed by atoms with E-state index < -0.39 is 0 Å². The molecule has 23 heteroatoms. The predicted molar refractivity (Wildman–Crippen MR) is 508 cm³/mol. The van der Waals surface area contributed by atoms with E-state index in [-0.39, 0.29) is 43.3 Å². The van der Waals surface area contributed by atoms with Crippen molar-refractivity contribution in [3.05, 3.63) is 176 Å². The second kappa shape index (κ2) is 41.4. The van der Waals surface area contributed by atoms with E-state index >= 15 is 0 Å². The van der Waals surface area contributed by atoms with E-state index in [1.165, 1.54) is 151 Å². The van der Waals surface area contributed by atoms with Gasteiger partial charge >= 0.3 is 6.01 Å². The van der Waals surface area contributed by atoms with Crippen LogP contribution in [0.5, 0.6) is 23.5 Å². The fraction of sp³-hybridized carbons (Fsp3) is 0.627. The van der Waals surface area contributed by atoms with Gasteiger partial charge in [0.05, 0.1) is 68.2 Å². The minimum atomic E-state index is -0.0400. The van der Waals surface area contributed by atoms with E-state index in [0.29, 0.717) is 48.0 Å². The number of benzene rings is 1. The van der Waals surface area contributed by atoms with E-state index in [9.17, 15) is 0 Å². The molecule has 0 bridgehead atoms. The molecule has 8 aromatic heterocycles. The van der Waals surface area contributed by atoms with Crippen molar-refractivity contribution in [2.75, 3.05) is 76.3 Å². The van der Waals surface area contributed by atoms with Gasteiger partial charge in [0.2, 0.25) is 11.8 Å². The number of hydrogen-bond donors (Lipinski definition) is 0. The summed E-state index contributed by atoms with van der Waals surface area (Å²) in [6.07, 6.45) is 29.2. The third kappa shape index (κ3) is 27.2. The molecule has 10 heterocycles. The Balaban J connectivity index is 0.000000163. The SMILES string of the molecule is CC(C)(C)c1c(C2CC2)ncnc1N1CCC1.CC(C)(C)c1c(C2CC2)ncnc1N1CCCC1.CC(C)(C)c1c(OCc2ccccc2)ncnc1C1CC1.CC(C)(C)c1cccnc1C#N.CCn1ncc(C2CC2)c1C(C)(C)C.COc1cnn(C2CC2)c1C(C)(C)C.COc1nc(C)c(C(C)(C)C)c(OC)n1.Cc1ncnc(N(C)C)c1C(C)(C)C. The Morgan fingerprint density at radius 1 is 0.440 bits per heavy atom. The summed E-state index contributed by atoms with van der Waals surface area (Å²) in [6.45, 7) is 65.1. The van der Waals surface area contributed by atoms with Gasteiger partial charge in [-0.25, -0.2) is 49.8 Å². The average Bonchev–Trinajstić information content (AvgIpc) is 1.67. The Kier molecular flexibility index (Phi) is 32.8. The van der Waals surface area contributed by atoms with Crippen LogP contribution in [-0.2, 0) is 56.5 Å². The first-order chi connectivity index (χ1) is 58.6. The number of anilines is 3. The fourth-order valence-electron chi connectivity index (χ4n) is 16.4. The highest BCUT2D eigenvalue weighted by Gasteiger charge is 2.40. The molecule has 5 aliphatic carbocycles. The minimum Gasteiger partial charge on any atom is -0.493 e. The van der Waals surface area contributed by atoms with E-state index in [1.807, 2.05) is 69.4 Å². The van der Waals surface area contributed by atoms with Crippen LogP contribution in [0.3, 0.4) is 0 Å². The highest BCUT2D eigenvalue weighted by molar-refractivity contribution is 5.57. The summed E-state index contributed by atoms with van der Waals surface area (Å²) in [5.74, 6) is 8.48. The van der Waals surface area contributed by atoms with Gasteiger partial charge in [-0.15, -0.1) is 0 Å². The third-order valence-corrected chi connectivity index (χ3v) is 23.0. The van der Waals surface area contributed by atoms with Crippen LogP contribution in [-0.4, -0.2) is 136 Å². The van der Waals surface area contributed by atoms with Gasteiger partial charge in [0.15, 0.2) is 5.75 Å². The molecule has 7 aliphatic rings. The van der Waals surface area contributed by atoms with Gasteiger partial charge in [-0.3, -0.25) is 9.36 Å². The number of methoxy groups -OCH3 is 3. The first-order valence-corrected chi connectivity index (χ1v) is 45.8. The normalized spacial score (nSPS) is 15.8. The van der Waals surface area contributed by atoms with Crippen molar-refractivity contribution in [3.8, 4) is 29.6 Å². The molecule has 0 atom stereocenters. The number of pyridine rings is 1. The van der Waals surface area contributed by atoms with Crippen molar-refractivity contribution in [3.63, 3.8) is 0 Å². The number of nitrogens with zero attached hydrogens (tertiary/aromatic N) is 19. The zero-order valence-corrected chi connectivity index (χ0v) is 82.5. The molecule has 2 saturated heterocycles. The summed E-state index contributed by atoms with van der Waals surface area (Å²) in [4.78, 5) is 55.2. The molecule has 0 spiro atoms. The summed E-state index contributed by atoms with van der Waals surface area (Å²) < 4.78 is 25.9. The largest absolute Gasteiger partial charge is 0.493 e. The molecule has 1 aromatic carbocycles. The highest BCUT2D eigenvalue weighted by atomic mass is 16.5. The van der Waals surface area contributed by atoms with Crippen molar-refractivity contribution in [1.82, 2.24) is 74.4 Å². The van der Waals surface area contributed by atoms with Crippen molar-refractivity contribution in [1.29, 1.82) is 5.26 Å². The van der Waals surface area contributed by atoms with E-state index in [1.54, 1.807) is 52.8 Å². The van der Waals surface area contributed by atoms with Crippen LogP contribution >= 0.6 is 0 Å². The predicted octanol–water partition coefficient (Wildman–Crippen LogP) is 22.4. The van der Waals surface area contributed by atoms with Gasteiger partial charge in [-0.05, 0) is 165 Å². The molecule has 2 aliphatic heterocycles. The van der Waals surface area contributed by atoms with Gasteiger partial charge < -0.3 is 33.6 Å². The van der Waals surface area contributed by atoms with Crippen molar-refractivity contribution in [2.45, 2.75) is 357 Å². The Hall–Kier alpha value is -9.72. The lowest BCUT2D eigenvalue weighted by molar-refractivity contribution is 0.283. The third-order valence-electron chi connectivity index (χ3n) is 23.0. The van der Waals surface area contributed by atoms with Crippen LogP contribution < -0.4 is 33.6 Å². The van der Waals surface area contributed by atoms with Crippen LogP contribution in [0.4, 0.5) is 17.5 Å². The molecule has 7 fully saturated rings. The van der Waals surface area contributed by atoms with Crippen molar-refractivity contribution >= 4 is 17.5 Å². The Morgan fingerprint density at radius 3 is 1.31 bits per heavy atom. The summed E-state index contributed by atoms with van der Waals surface area (Å²) in [5.41, 5.74) is 19.5. The molecule has 680 valence electrons. The zero-order valence-electron chi connectivity index (χ0n) is 82.5. The van der Waals surface area contributed by atoms with Crippen molar-refractivity contribution in [2.24, 2.45) is 0 Å². The molecule has 0 amide bonds. The topological polar surface area (TPSA) is 248 Å². The lowest BCUT2D eigenvalue weighted by atomic mass is 9.84. The number of aryl methyl sites for hydroxylation is 3. The number of hydrogen-bond acceptors (Lipinski definition) is 21. The molecule has 5 saturated carbocycles. The molecule has 0 radical (unpaired) electrons. The maximum absolute atomic E-state index is 8.77. The molecule has 9 aromatic rings. The van der Waals surface area contributed by atoms with Gasteiger partial charge in [0.25, 0.3) is 0 Å². The van der Waals surface area contributed by atoms with Crippen LogP contribution in [0.15, 0.2) is 86.4 Å². The molecule has 0 N–H and O–H groups in total. The lowest BCUT2D eigenvalue weighted by Gasteiger charge is -2.36. The second-order valence-electron chi connectivity index (χ2n) is 43.0. The molecular formula is C102H153N19O4. The number of nitriles is 1. The van der Waals surface area contributed by atoms with Gasteiger partial charge in [-0.1, -0.05) is 203 Å². The molecular weight excluding hydrogens is 1560 g/mol. The van der Waals surface area contributed by atoms with Crippen LogP contribution in [0, 0.1) is 25.2 Å². The smallest absolute Gasteiger partial charge is 0.319 e. The first-order valence-electron chi connectivity index (χ1n) is 45.8. The summed E-state index contributed by atoms with van der Waals surface area (Å²) >= 11 is 0. The Labute approximate surface area is 750 Å². The van der Waals surface area contributed by atoms with E-state index in [4.69, 9.17) is 24.2 Å². The molecule has 16 rings (SSSR count). The van der Waals surface area contributed by atoms with Crippen molar-refractivity contribution < 1.29 is 18.9 Å². The average molecular weight is 1710 g/mol. The summed E-state index contributed by atoms with van der Waals surface area (Å²) in [6, 6.07) is 17.1. The minimum absolute atomic E-state index is 0.000671. The first kappa shape index (κ1) is 99.1. The standard InChI is InChI=1S/C18H22N2O.C15H23N3.C14H21N3.C12H20N2.C11H19N3.C11H18N2O2.C11H18N2O.C10H12N2/c1-18(2,3)15-16(14-9-10-14)19-12-20-17(15)21-11-13-7-5-4-6-8-13;1-15(2,3)12-13(11-6-7-11)16-10-17-14(12)18-8-4-5-9-18;1-14(2,3)11-12(10-5-6-10)15-9-16-13(11)17-7-4-8-17;1-5-14-11(12(2,3)4)10(8-13-14)9-6-7-9;1-8-9(11(2,3)4)10(14(5)6)13-7-12-8;1-7-8(11(2,3)4)9(14-5)13-10(12-7)15-6;1-11(2,3)10-9(14-4)7-12-13(10)8-5-6-8;1-10(2,3)8-5-4-6-12-9(8)7-11/h4-8,12,14H,9-11H2,1-3H3;10-11H,4-9H2,1-3H3;9-10H,4-8H2,1-3H3;8-9H,5-7H2,1-4H3;7H,1-6H3;1-6H3;7-8H,5-6H2,1-4H3;4-6H,1-3H3. The molecule has 0 unspecified atom stereocenters. The Bertz CT molecular complexity index is 4930. The number of aromatic nitrogens is 15. The lowest BCUT2D eigenvalue weighted by Crippen LogP contribution is -2.39.